The molecule has 0 saturated heterocycles. The molecule has 7 heteroatoms. The molecule has 0 aliphatic carbocycles. The fraction of sp³-hybridized carbons (Fsp3) is 0.435. The second-order valence-corrected chi connectivity index (χ2v) is 8.40. The van der Waals surface area contributed by atoms with Crippen molar-refractivity contribution in [3.05, 3.63) is 56.8 Å². The molecule has 3 rings (SSSR count). The lowest BCUT2D eigenvalue weighted by molar-refractivity contribution is 0.0954. The fourth-order valence-corrected chi connectivity index (χ4v) is 4.40. The number of nitrogens with one attached hydrogen (secondary N) is 2. The van der Waals surface area contributed by atoms with Gasteiger partial charge < -0.3 is 15.1 Å². The van der Waals surface area contributed by atoms with Crippen LogP contribution in [0.4, 0.5) is 6.01 Å². The topological polar surface area (TPSA) is 84.2 Å². The van der Waals surface area contributed by atoms with E-state index in [0.29, 0.717) is 33.7 Å². The highest BCUT2D eigenvalue weighted by atomic mass is 32.1. The van der Waals surface area contributed by atoms with Crippen LogP contribution in [0.5, 0.6) is 0 Å². The van der Waals surface area contributed by atoms with Crippen molar-refractivity contribution in [1.82, 2.24) is 10.3 Å². The van der Waals surface area contributed by atoms with Crippen LogP contribution in [0.1, 0.15) is 66.2 Å². The number of rotatable bonds is 11. The van der Waals surface area contributed by atoms with E-state index in [1.807, 2.05) is 30.3 Å². The van der Waals surface area contributed by atoms with Gasteiger partial charge in [0.15, 0.2) is 0 Å². The molecule has 0 aliphatic rings. The first-order valence-electron chi connectivity index (χ1n) is 10.6. The van der Waals surface area contributed by atoms with Crippen LogP contribution in [0.15, 0.2) is 39.5 Å². The van der Waals surface area contributed by atoms with Gasteiger partial charge in [0.1, 0.15) is 10.2 Å². The highest BCUT2D eigenvalue weighted by molar-refractivity contribution is 7.20. The van der Waals surface area contributed by atoms with Crippen molar-refractivity contribution in [2.75, 3.05) is 11.9 Å². The van der Waals surface area contributed by atoms with Crippen molar-refractivity contribution in [3.63, 3.8) is 0 Å². The first-order chi connectivity index (χ1) is 14.6. The van der Waals surface area contributed by atoms with Crippen molar-refractivity contribution in [2.24, 2.45) is 0 Å². The van der Waals surface area contributed by atoms with Gasteiger partial charge in [-0.15, -0.1) is 11.3 Å². The van der Waals surface area contributed by atoms with E-state index in [1.165, 1.54) is 37.0 Å². The number of carbonyl (C=O) groups excluding carboxylic acids is 1. The van der Waals surface area contributed by atoms with Gasteiger partial charge in [0, 0.05) is 13.1 Å². The Kier molecular flexibility index (Phi) is 8.02. The normalized spacial score (nSPS) is 11.0. The smallest absolute Gasteiger partial charge is 0.349 e. The fourth-order valence-electron chi connectivity index (χ4n) is 3.32. The van der Waals surface area contributed by atoms with Gasteiger partial charge in [0.2, 0.25) is 0 Å². The lowest BCUT2D eigenvalue weighted by Gasteiger charge is -2.04. The Labute approximate surface area is 180 Å². The molecule has 1 amide bonds. The molecule has 2 aromatic heterocycles. The molecule has 30 heavy (non-hydrogen) atoms. The molecule has 6 nitrogen and oxygen atoms in total. The molecule has 160 valence electrons. The van der Waals surface area contributed by atoms with E-state index in [4.69, 9.17) is 4.42 Å². The Hall–Kier alpha value is -2.67. The largest absolute Gasteiger partial charge is 0.389 e. The SMILES string of the molecule is CCCCCCCCNc1nc2sc(C(=O)NCc3ccccc3)c(C)c2c(=O)o1. The molecule has 3 aromatic rings. The van der Waals surface area contributed by atoms with Crippen LogP contribution in [0, 0.1) is 6.92 Å². The number of fused-ring (bicyclic) bond motifs is 1. The van der Waals surface area contributed by atoms with Crippen LogP contribution in [-0.4, -0.2) is 17.4 Å². The van der Waals surface area contributed by atoms with E-state index in [-0.39, 0.29) is 11.9 Å². The minimum atomic E-state index is -0.457. The number of benzene rings is 1. The molecule has 0 saturated carbocycles. The Balaban J connectivity index is 1.63. The van der Waals surface area contributed by atoms with Gasteiger partial charge in [0.25, 0.3) is 11.9 Å². The summed E-state index contributed by atoms with van der Waals surface area (Å²) in [6.45, 7) is 5.11. The molecule has 0 fully saturated rings. The van der Waals surface area contributed by atoms with Crippen LogP contribution < -0.4 is 16.3 Å². The Morgan fingerprint density at radius 2 is 1.83 bits per heavy atom. The van der Waals surface area contributed by atoms with Gasteiger partial charge in [-0.05, 0) is 24.5 Å². The summed E-state index contributed by atoms with van der Waals surface area (Å²) in [5, 5.41) is 6.40. The molecular weight excluding hydrogens is 398 g/mol. The summed E-state index contributed by atoms with van der Waals surface area (Å²) in [4.78, 5) is 30.6. The number of aryl methyl sites for hydroxylation is 1. The third-order valence-electron chi connectivity index (χ3n) is 5.03. The monoisotopic (exact) mass is 427 g/mol. The summed E-state index contributed by atoms with van der Waals surface area (Å²) >= 11 is 1.23. The van der Waals surface area contributed by atoms with Crippen molar-refractivity contribution in [2.45, 2.75) is 58.9 Å². The number of amides is 1. The van der Waals surface area contributed by atoms with Gasteiger partial charge in [-0.3, -0.25) is 4.79 Å². The average Bonchev–Trinajstić information content (AvgIpc) is 3.09. The zero-order chi connectivity index (χ0) is 21.3. The number of unbranched alkanes of at least 4 members (excludes halogenated alkanes) is 5. The van der Waals surface area contributed by atoms with Gasteiger partial charge in [-0.25, -0.2) is 4.79 Å². The van der Waals surface area contributed by atoms with E-state index in [9.17, 15) is 9.59 Å². The van der Waals surface area contributed by atoms with E-state index in [1.54, 1.807) is 6.92 Å². The molecule has 0 aliphatic heterocycles. The first-order valence-corrected chi connectivity index (χ1v) is 11.4. The third-order valence-corrected chi connectivity index (χ3v) is 6.22. The zero-order valence-corrected chi connectivity index (χ0v) is 18.4. The summed E-state index contributed by atoms with van der Waals surface area (Å²) in [5.41, 5.74) is 1.18. The summed E-state index contributed by atoms with van der Waals surface area (Å²) in [6.07, 6.45) is 7.14. The number of nitrogens with zero attached hydrogens (tertiary/aromatic N) is 1. The average molecular weight is 428 g/mol. The number of anilines is 1. The highest BCUT2D eigenvalue weighted by Crippen LogP contribution is 2.28. The molecule has 0 bridgehead atoms. The van der Waals surface area contributed by atoms with Crippen LogP contribution in [0.2, 0.25) is 0 Å². The standard InChI is InChI=1S/C23H29N3O3S/c1-3-4-5-6-7-11-14-24-23-26-21-18(22(28)29-23)16(2)19(30-21)20(27)25-15-17-12-9-8-10-13-17/h8-10,12-13H,3-7,11,14-15H2,1-2H3,(H,24,26)(H,25,27). The third kappa shape index (κ3) is 5.69. The quantitative estimate of drug-likeness (QED) is 0.408. The van der Waals surface area contributed by atoms with Crippen LogP contribution in [-0.2, 0) is 6.54 Å². The van der Waals surface area contributed by atoms with Gasteiger partial charge in [0.05, 0.1) is 4.88 Å². The minimum absolute atomic E-state index is 0.208. The predicted octanol–water partition coefficient (Wildman–Crippen LogP) is 5.26. The summed E-state index contributed by atoms with van der Waals surface area (Å²) in [5.74, 6) is -0.208. The van der Waals surface area contributed by atoms with E-state index >= 15 is 0 Å². The van der Waals surface area contributed by atoms with Crippen LogP contribution in [0.3, 0.4) is 0 Å². The Bertz CT molecular complexity index is 1030. The molecule has 2 N–H and O–H groups in total. The second-order valence-electron chi connectivity index (χ2n) is 7.41. The van der Waals surface area contributed by atoms with Crippen molar-refractivity contribution < 1.29 is 9.21 Å². The Morgan fingerprint density at radius 3 is 2.60 bits per heavy atom. The van der Waals surface area contributed by atoms with Crippen molar-refractivity contribution in [1.29, 1.82) is 0 Å². The first kappa shape index (κ1) is 22.0. The van der Waals surface area contributed by atoms with E-state index in [0.717, 1.165) is 18.4 Å². The molecule has 0 atom stereocenters. The van der Waals surface area contributed by atoms with Crippen molar-refractivity contribution in [3.8, 4) is 0 Å². The number of thiophene rings is 1. The lowest BCUT2D eigenvalue weighted by Crippen LogP contribution is -2.22. The molecule has 0 radical (unpaired) electrons. The number of aromatic nitrogens is 1. The van der Waals surface area contributed by atoms with Gasteiger partial charge in [-0.1, -0.05) is 69.4 Å². The molecule has 0 unspecified atom stereocenters. The van der Waals surface area contributed by atoms with Crippen molar-refractivity contribution >= 4 is 33.5 Å². The zero-order valence-electron chi connectivity index (χ0n) is 17.6. The highest BCUT2D eigenvalue weighted by Gasteiger charge is 2.20. The maximum atomic E-state index is 12.6. The molecular formula is C23H29N3O3S. The van der Waals surface area contributed by atoms with E-state index in [2.05, 4.69) is 22.5 Å². The van der Waals surface area contributed by atoms with Gasteiger partial charge >= 0.3 is 5.63 Å². The summed E-state index contributed by atoms with van der Waals surface area (Å²) < 4.78 is 5.34. The Morgan fingerprint density at radius 1 is 1.10 bits per heavy atom. The summed E-state index contributed by atoms with van der Waals surface area (Å²) in [6, 6.07) is 9.93. The van der Waals surface area contributed by atoms with Crippen LogP contribution >= 0.6 is 11.3 Å². The molecule has 1 aromatic carbocycles. The number of hydrogen-bond acceptors (Lipinski definition) is 6. The van der Waals surface area contributed by atoms with Crippen LogP contribution in [0.25, 0.3) is 10.2 Å². The number of hydrogen-bond donors (Lipinski definition) is 2. The lowest BCUT2D eigenvalue weighted by atomic mass is 10.1. The maximum absolute atomic E-state index is 12.6. The summed E-state index contributed by atoms with van der Waals surface area (Å²) in [7, 11) is 0. The maximum Gasteiger partial charge on any atom is 0.349 e. The predicted molar refractivity (Wildman–Crippen MR) is 122 cm³/mol. The second kappa shape index (κ2) is 10.9. The number of carbonyl (C=O) groups is 1. The van der Waals surface area contributed by atoms with Gasteiger partial charge in [-0.2, -0.15) is 4.98 Å². The molecule has 2 heterocycles. The van der Waals surface area contributed by atoms with E-state index < -0.39 is 5.63 Å². The minimum Gasteiger partial charge on any atom is -0.389 e. The molecule has 0 spiro atoms.